The Labute approximate surface area is 74.4 Å². The summed E-state index contributed by atoms with van der Waals surface area (Å²) < 4.78 is 13.1. The third-order valence-electron chi connectivity index (χ3n) is 2.05. The topological polar surface area (TPSA) is 32.9 Å². The molecule has 0 radical (unpaired) electrons. The van der Waals surface area contributed by atoms with Crippen LogP contribution in [0.25, 0.3) is 10.9 Å². The van der Waals surface area contributed by atoms with E-state index < -0.39 is 0 Å². The highest BCUT2D eigenvalue weighted by molar-refractivity contribution is 6.05. The molecule has 66 valence electrons. The minimum Gasteiger partial charge on any atom is -0.360 e. The molecule has 13 heavy (non-hydrogen) atoms. The first-order chi connectivity index (χ1) is 6.20. The average Bonchev–Trinajstić information content (AvgIpc) is 2.53. The third kappa shape index (κ3) is 1.13. The van der Waals surface area contributed by atoms with E-state index in [1.165, 1.54) is 19.1 Å². The summed E-state index contributed by atoms with van der Waals surface area (Å²) >= 11 is 0. The van der Waals surface area contributed by atoms with Gasteiger partial charge in [0.25, 0.3) is 0 Å². The van der Waals surface area contributed by atoms with Gasteiger partial charge < -0.3 is 4.98 Å². The second kappa shape index (κ2) is 2.69. The van der Waals surface area contributed by atoms with Crippen molar-refractivity contribution in [2.24, 2.45) is 0 Å². The number of benzene rings is 1. The fourth-order valence-electron chi connectivity index (χ4n) is 1.41. The number of carbonyl (C=O) groups is 1. The molecule has 0 unspecified atom stereocenters. The van der Waals surface area contributed by atoms with Gasteiger partial charge in [0.05, 0.1) is 5.52 Å². The van der Waals surface area contributed by atoms with Gasteiger partial charge in [0.15, 0.2) is 5.78 Å². The van der Waals surface area contributed by atoms with Crippen LogP contribution in [0.5, 0.6) is 0 Å². The molecule has 2 aromatic rings. The van der Waals surface area contributed by atoms with E-state index >= 15 is 0 Å². The van der Waals surface area contributed by atoms with E-state index in [1.807, 2.05) is 0 Å². The average molecular weight is 177 g/mol. The van der Waals surface area contributed by atoms with Gasteiger partial charge in [0.2, 0.25) is 0 Å². The van der Waals surface area contributed by atoms with Crippen molar-refractivity contribution in [1.82, 2.24) is 4.98 Å². The zero-order chi connectivity index (χ0) is 9.42. The number of fused-ring (bicyclic) bond motifs is 1. The third-order valence-corrected chi connectivity index (χ3v) is 2.05. The Morgan fingerprint density at radius 2 is 2.15 bits per heavy atom. The molecule has 0 fully saturated rings. The lowest BCUT2D eigenvalue weighted by Crippen LogP contribution is -1.94. The van der Waals surface area contributed by atoms with Crippen LogP contribution in [0.4, 0.5) is 4.39 Å². The predicted octanol–water partition coefficient (Wildman–Crippen LogP) is 2.51. The lowest BCUT2D eigenvalue weighted by Gasteiger charge is -1.98. The van der Waals surface area contributed by atoms with Crippen molar-refractivity contribution in [3.8, 4) is 0 Å². The Bertz CT molecular complexity index is 473. The molecule has 0 spiro atoms. The largest absolute Gasteiger partial charge is 0.360 e. The van der Waals surface area contributed by atoms with Crippen LogP contribution in [0.15, 0.2) is 24.4 Å². The molecule has 0 saturated carbocycles. The molecule has 0 aliphatic rings. The van der Waals surface area contributed by atoms with Gasteiger partial charge in [0, 0.05) is 17.1 Å². The normalized spacial score (nSPS) is 10.6. The van der Waals surface area contributed by atoms with Crippen LogP contribution in [0, 0.1) is 5.82 Å². The Balaban J connectivity index is 2.86. The number of H-pyrrole nitrogens is 1. The fraction of sp³-hybridized carbons (Fsp3) is 0.100. The fourth-order valence-corrected chi connectivity index (χ4v) is 1.41. The summed E-state index contributed by atoms with van der Waals surface area (Å²) in [4.78, 5) is 14.0. The van der Waals surface area contributed by atoms with Gasteiger partial charge in [-0.3, -0.25) is 4.79 Å². The van der Waals surface area contributed by atoms with E-state index in [4.69, 9.17) is 0 Å². The van der Waals surface area contributed by atoms with Crippen LogP contribution in [0.2, 0.25) is 0 Å². The van der Waals surface area contributed by atoms with Gasteiger partial charge in [-0.25, -0.2) is 4.39 Å². The van der Waals surface area contributed by atoms with Crippen molar-refractivity contribution in [3.63, 3.8) is 0 Å². The van der Waals surface area contributed by atoms with Crippen molar-refractivity contribution in [1.29, 1.82) is 0 Å². The molecule has 0 saturated heterocycles. The molecular weight excluding hydrogens is 169 g/mol. The number of ketones is 1. The van der Waals surface area contributed by atoms with Crippen LogP contribution in [0.3, 0.4) is 0 Å². The molecule has 2 nitrogen and oxygen atoms in total. The molecule has 1 heterocycles. The van der Waals surface area contributed by atoms with Crippen LogP contribution in [-0.4, -0.2) is 10.8 Å². The van der Waals surface area contributed by atoms with Gasteiger partial charge >= 0.3 is 0 Å². The molecular formula is C10H8FNO. The van der Waals surface area contributed by atoms with E-state index in [-0.39, 0.29) is 11.6 Å². The van der Waals surface area contributed by atoms with Gasteiger partial charge in [-0.1, -0.05) is 0 Å². The van der Waals surface area contributed by atoms with Crippen molar-refractivity contribution >= 4 is 16.7 Å². The first-order valence-corrected chi connectivity index (χ1v) is 3.96. The van der Waals surface area contributed by atoms with Crippen molar-refractivity contribution in [3.05, 3.63) is 35.8 Å². The van der Waals surface area contributed by atoms with E-state index in [1.54, 1.807) is 12.3 Å². The highest BCUT2D eigenvalue weighted by atomic mass is 19.1. The molecule has 1 aromatic carbocycles. The predicted molar refractivity (Wildman–Crippen MR) is 48.3 cm³/mol. The highest BCUT2D eigenvalue weighted by Crippen LogP contribution is 2.20. The quantitative estimate of drug-likeness (QED) is 0.667. The Morgan fingerprint density at radius 3 is 2.85 bits per heavy atom. The zero-order valence-corrected chi connectivity index (χ0v) is 7.10. The lowest BCUT2D eigenvalue weighted by atomic mass is 10.1. The Kier molecular flexibility index (Phi) is 1.65. The standard InChI is InChI=1S/C10H8FNO/c1-6(13)7-2-3-9(11)8-4-5-12-10(7)8/h2-5,12H,1H3. The number of Topliss-reactive ketones (excluding diaryl/α,β-unsaturated/α-hetero) is 1. The Hall–Kier alpha value is -1.64. The number of carbonyl (C=O) groups excluding carboxylic acids is 1. The maximum atomic E-state index is 13.1. The number of hydrogen-bond acceptors (Lipinski definition) is 1. The first kappa shape index (κ1) is 7.98. The maximum absolute atomic E-state index is 13.1. The number of hydrogen-bond donors (Lipinski definition) is 1. The van der Waals surface area contributed by atoms with E-state index in [2.05, 4.69) is 4.98 Å². The van der Waals surface area contributed by atoms with Crippen molar-refractivity contribution < 1.29 is 9.18 Å². The van der Waals surface area contributed by atoms with Crippen molar-refractivity contribution in [2.75, 3.05) is 0 Å². The summed E-state index contributed by atoms with van der Waals surface area (Å²) in [5.74, 6) is -0.367. The smallest absolute Gasteiger partial charge is 0.161 e. The van der Waals surface area contributed by atoms with E-state index in [0.29, 0.717) is 16.5 Å². The second-order valence-corrected chi connectivity index (χ2v) is 2.92. The number of rotatable bonds is 1. The molecule has 2 rings (SSSR count). The summed E-state index contributed by atoms with van der Waals surface area (Å²) in [5.41, 5.74) is 1.11. The van der Waals surface area contributed by atoms with Gasteiger partial charge in [-0.05, 0) is 25.1 Å². The minimum atomic E-state index is -0.304. The second-order valence-electron chi connectivity index (χ2n) is 2.92. The van der Waals surface area contributed by atoms with E-state index in [9.17, 15) is 9.18 Å². The molecule has 0 aliphatic carbocycles. The molecule has 0 aliphatic heterocycles. The molecule has 0 bridgehead atoms. The number of aromatic nitrogens is 1. The molecule has 1 N–H and O–H groups in total. The summed E-state index contributed by atoms with van der Waals surface area (Å²) in [5, 5.41) is 0.465. The molecule has 3 heteroatoms. The maximum Gasteiger partial charge on any atom is 0.161 e. The van der Waals surface area contributed by atoms with Crippen LogP contribution in [-0.2, 0) is 0 Å². The van der Waals surface area contributed by atoms with Crippen LogP contribution < -0.4 is 0 Å². The number of aromatic amines is 1. The van der Waals surface area contributed by atoms with Gasteiger partial charge in [-0.15, -0.1) is 0 Å². The van der Waals surface area contributed by atoms with Crippen molar-refractivity contribution in [2.45, 2.75) is 6.92 Å². The molecule has 0 amide bonds. The summed E-state index contributed by atoms with van der Waals surface area (Å²) in [6.45, 7) is 1.47. The molecule has 1 aromatic heterocycles. The zero-order valence-electron chi connectivity index (χ0n) is 7.10. The summed E-state index contributed by atoms with van der Waals surface area (Å²) in [7, 11) is 0. The minimum absolute atomic E-state index is 0.0625. The SMILES string of the molecule is CC(=O)c1ccc(F)c2cc[nH]c12. The number of nitrogens with one attached hydrogen (secondary N) is 1. The Morgan fingerprint density at radius 1 is 1.38 bits per heavy atom. The van der Waals surface area contributed by atoms with E-state index in [0.717, 1.165) is 0 Å². The summed E-state index contributed by atoms with van der Waals surface area (Å²) in [6, 6.07) is 4.43. The van der Waals surface area contributed by atoms with Crippen LogP contribution >= 0.6 is 0 Å². The lowest BCUT2D eigenvalue weighted by molar-refractivity contribution is 0.101. The molecule has 0 atom stereocenters. The summed E-state index contributed by atoms with van der Waals surface area (Å²) in [6.07, 6.45) is 1.63. The van der Waals surface area contributed by atoms with Crippen LogP contribution in [0.1, 0.15) is 17.3 Å². The monoisotopic (exact) mass is 177 g/mol. The first-order valence-electron chi connectivity index (χ1n) is 3.96. The van der Waals surface area contributed by atoms with Gasteiger partial charge in [0.1, 0.15) is 5.82 Å². The number of halogens is 1. The highest BCUT2D eigenvalue weighted by Gasteiger charge is 2.09. The van der Waals surface area contributed by atoms with Gasteiger partial charge in [-0.2, -0.15) is 0 Å².